The third-order valence-corrected chi connectivity index (χ3v) is 2.13. The number of rotatable bonds is 1. The van der Waals surface area contributed by atoms with E-state index in [-0.39, 0.29) is 5.84 Å². The summed E-state index contributed by atoms with van der Waals surface area (Å²) in [4.78, 5) is 3.99. The number of nitrogens with zero attached hydrogens (tertiary/aromatic N) is 2. The molecule has 13 heavy (non-hydrogen) atoms. The first-order chi connectivity index (χ1) is 6.33. The number of fused-ring (bicyclic) bond motifs is 1. The van der Waals surface area contributed by atoms with Crippen molar-refractivity contribution in [2.75, 3.05) is 11.9 Å². The van der Waals surface area contributed by atoms with Gasteiger partial charge in [-0.15, -0.1) is 0 Å². The van der Waals surface area contributed by atoms with E-state index in [0.717, 1.165) is 24.2 Å². The molecule has 0 bridgehead atoms. The Labute approximate surface area is 75.3 Å². The lowest BCUT2D eigenvalue weighted by Crippen LogP contribution is -2.15. The van der Waals surface area contributed by atoms with Crippen molar-refractivity contribution in [1.29, 1.82) is 0 Å². The molecule has 5 heteroatoms. The number of pyridine rings is 1. The number of nitrogens with one attached hydrogen (secondary N) is 1. The lowest BCUT2D eigenvalue weighted by Gasteiger charge is -2.04. The van der Waals surface area contributed by atoms with Crippen LogP contribution in [-0.2, 0) is 6.42 Å². The Bertz CT molecular complexity index is 361. The highest BCUT2D eigenvalue weighted by Gasteiger charge is 2.16. The van der Waals surface area contributed by atoms with E-state index in [1.165, 1.54) is 0 Å². The number of amidine groups is 1. The topological polar surface area (TPSA) is 83.5 Å². The molecule has 0 saturated carbocycles. The van der Waals surface area contributed by atoms with E-state index in [4.69, 9.17) is 10.9 Å². The number of aromatic nitrogens is 1. The summed E-state index contributed by atoms with van der Waals surface area (Å²) in [5.74, 6) is 0.119. The highest BCUT2D eigenvalue weighted by molar-refractivity contribution is 5.99. The van der Waals surface area contributed by atoms with E-state index in [2.05, 4.69) is 15.5 Å². The lowest BCUT2D eigenvalue weighted by molar-refractivity contribution is 0.318. The van der Waals surface area contributed by atoms with E-state index in [1.807, 2.05) is 0 Å². The molecule has 0 fully saturated rings. The van der Waals surface area contributed by atoms with Crippen molar-refractivity contribution in [1.82, 2.24) is 4.98 Å². The van der Waals surface area contributed by atoms with Crippen molar-refractivity contribution < 1.29 is 5.21 Å². The fourth-order valence-electron chi connectivity index (χ4n) is 1.51. The highest BCUT2D eigenvalue weighted by atomic mass is 16.4. The van der Waals surface area contributed by atoms with Crippen LogP contribution < -0.4 is 11.1 Å². The van der Waals surface area contributed by atoms with Gasteiger partial charge in [0.05, 0.1) is 11.9 Å². The van der Waals surface area contributed by atoms with Crippen LogP contribution in [0.15, 0.2) is 17.5 Å². The molecule has 1 aliphatic heterocycles. The molecule has 0 aromatic carbocycles. The fraction of sp³-hybridized carbons (Fsp3) is 0.250. The minimum Gasteiger partial charge on any atom is -0.409 e. The Balaban J connectivity index is 2.53. The molecule has 1 aromatic heterocycles. The minimum atomic E-state index is 0.119. The summed E-state index contributed by atoms with van der Waals surface area (Å²) in [7, 11) is 0. The Morgan fingerprint density at radius 3 is 3.23 bits per heavy atom. The number of oxime groups is 1. The quantitative estimate of drug-likeness (QED) is 0.247. The summed E-state index contributed by atoms with van der Waals surface area (Å²) < 4.78 is 0. The SMILES string of the molecule is N/C(=N\O)c1cncc2c1CCN2. The van der Waals surface area contributed by atoms with E-state index in [1.54, 1.807) is 12.4 Å². The van der Waals surface area contributed by atoms with Crippen molar-refractivity contribution in [3.63, 3.8) is 0 Å². The summed E-state index contributed by atoms with van der Waals surface area (Å²) in [6.07, 6.45) is 4.25. The van der Waals surface area contributed by atoms with E-state index in [0.29, 0.717) is 5.56 Å². The molecule has 0 aliphatic carbocycles. The van der Waals surface area contributed by atoms with Gasteiger partial charge < -0.3 is 16.3 Å². The van der Waals surface area contributed by atoms with Crippen LogP contribution in [0.2, 0.25) is 0 Å². The predicted octanol–water partition coefficient (Wildman–Crippen LogP) is 0.144. The molecule has 0 unspecified atom stereocenters. The summed E-state index contributed by atoms with van der Waals surface area (Å²) >= 11 is 0. The van der Waals surface area contributed by atoms with E-state index in [9.17, 15) is 0 Å². The largest absolute Gasteiger partial charge is 0.409 e. The van der Waals surface area contributed by atoms with E-state index >= 15 is 0 Å². The monoisotopic (exact) mass is 178 g/mol. The van der Waals surface area contributed by atoms with Crippen molar-refractivity contribution in [3.05, 3.63) is 23.5 Å². The standard InChI is InChI=1S/C8H10N4O/c9-8(12-13)6-3-10-4-7-5(6)1-2-11-7/h3-4,11,13H,1-2H2,(H2,9,12). The van der Waals surface area contributed by atoms with Crippen LogP contribution in [0.25, 0.3) is 0 Å². The normalized spacial score (nSPS) is 15.2. The van der Waals surface area contributed by atoms with Gasteiger partial charge in [0.2, 0.25) is 0 Å². The van der Waals surface area contributed by atoms with Crippen LogP contribution in [0.1, 0.15) is 11.1 Å². The molecule has 0 saturated heterocycles. The van der Waals surface area contributed by atoms with Gasteiger partial charge in [0, 0.05) is 18.3 Å². The Kier molecular flexibility index (Phi) is 1.77. The maximum Gasteiger partial charge on any atom is 0.172 e. The summed E-state index contributed by atoms with van der Waals surface area (Å²) in [5.41, 5.74) is 8.26. The zero-order chi connectivity index (χ0) is 9.26. The number of nitrogens with two attached hydrogens (primary N) is 1. The fourth-order valence-corrected chi connectivity index (χ4v) is 1.51. The minimum absolute atomic E-state index is 0.119. The zero-order valence-electron chi connectivity index (χ0n) is 6.99. The Morgan fingerprint density at radius 1 is 1.62 bits per heavy atom. The van der Waals surface area contributed by atoms with Crippen LogP contribution in [0.5, 0.6) is 0 Å². The van der Waals surface area contributed by atoms with Crippen molar-refractivity contribution >= 4 is 11.5 Å². The van der Waals surface area contributed by atoms with Crippen LogP contribution in [0.4, 0.5) is 5.69 Å². The summed E-state index contributed by atoms with van der Waals surface area (Å²) in [6, 6.07) is 0. The number of hydrogen-bond donors (Lipinski definition) is 3. The van der Waals surface area contributed by atoms with Gasteiger partial charge >= 0.3 is 0 Å². The first-order valence-electron chi connectivity index (χ1n) is 4.01. The zero-order valence-corrected chi connectivity index (χ0v) is 6.99. The molecule has 0 atom stereocenters. The van der Waals surface area contributed by atoms with Crippen LogP contribution in [0, 0.1) is 0 Å². The van der Waals surface area contributed by atoms with Gasteiger partial charge in [0.15, 0.2) is 5.84 Å². The van der Waals surface area contributed by atoms with Crippen molar-refractivity contribution in [3.8, 4) is 0 Å². The molecular formula is C8H10N4O. The van der Waals surface area contributed by atoms with Gasteiger partial charge in [-0.1, -0.05) is 5.16 Å². The molecule has 5 nitrogen and oxygen atoms in total. The smallest absolute Gasteiger partial charge is 0.172 e. The van der Waals surface area contributed by atoms with Gasteiger partial charge in [-0.05, 0) is 12.0 Å². The van der Waals surface area contributed by atoms with E-state index < -0.39 is 0 Å². The van der Waals surface area contributed by atoms with Gasteiger partial charge in [0.1, 0.15) is 0 Å². The molecular weight excluding hydrogens is 168 g/mol. The lowest BCUT2D eigenvalue weighted by atomic mass is 10.1. The molecule has 1 aromatic rings. The molecule has 1 aliphatic rings. The third kappa shape index (κ3) is 1.18. The van der Waals surface area contributed by atoms with Gasteiger partial charge in [-0.3, -0.25) is 4.98 Å². The summed E-state index contributed by atoms with van der Waals surface area (Å²) in [6.45, 7) is 0.882. The number of anilines is 1. The Hall–Kier alpha value is -1.78. The second-order valence-corrected chi connectivity index (χ2v) is 2.88. The molecule has 0 amide bonds. The average molecular weight is 178 g/mol. The summed E-state index contributed by atoms with van der Waals surface area (Å²) in [5, 5.41) is 14.7. The maximum atomic E-state index is 8.53. The maximum absolute atomic E-state index is 8.53. The van der Waals surface area contributed by atoms with Gasteiger partial charge in [-0.25, -0.2) is 0 Å². The predicted molar refractivity (Wildman–Crippen MR) is 48.9 cm³/mol. The second kappa shape index (κ2) is 2.93. The number of hydrogen-bond acceptors (Lipinski definition) is 4. The average Bonchev–Trinajstić information content (AvgIpc) is 2.63. The van der Waals surface area contributed by atoms with Crippen LogP contribution in [0.3, 0.4) is 0 Å². The first kappa shape index (κ1) is 7.85. The molecule has 2 rings (SSSR count). The first-order valence-corrected chi connectivity index (χ1v) is 4.01. The van der Waals surface area contributed by atoms with Crippen LogP contribution in [-0.4, -0.2) is 22.6 Å². The molecule has 68 valence electrons. The molecule has 0 radical (unpaired) electrons. The third-order valence-electron chi connectivity index (χ3n) is 2.13. The molecule has 0 spiro atoms. The van der Waals surface area contributed by atoms with Crippen LogP contribution >= 0.6 is 0 Å². The van der Waals surface area contributed by atoms with Crippen molar-refractivity contribution in [2.24, 2.45) is 10.9 Å². The highest BCUT2D eigenvalue weighted by Crippen LogP contribution is 2.23. The Morgan fingerprint density at radius 2 is 2.46 bits per heavy atom. The molecule has 4 N–H and O–H groups in total. The van der Waals surface area contributed by atoms with Gasteiger partial charge in [-0.2, -0.15) is 0 Å². The van der Waals surface area contributed by atoms with Crippen molar-refractivity contribution in [2.45, 2.75) is 6.42 Å². The van der Waals surface area contributed by atoms with Gasteiger partial charge in [0.25, 0.3) is 0 Å². The second-order valence-electron chi connectivity index (χ2n) is 2.88. The molecule has 2 heterocycles.